The molecule has 31 heavy (non-hydrogen) atoms. The number of urea groups is 1. The molecule has 0 unspecified atom stereocenters. The predicted octanol–water partition coefficient (Wildman–Crippen LogP) is 5.07. The molecule has 7 nitrogen and oxygen atoms in total. The van der Waals surface area contributed by atoms with Gasteiger partial charge in [-0.05, 0) is 61.4 Å². The Hall–Kier alpha value is -2.65. The molecule has 1 saturated heterocycles. The summed E-state index contributed by atoms with van der Waals surface area (Å²) >= 11 is 6.78. The van der Waals surface area contributed by atoms with Crippen molar-refractivity contribution in [1.29, 1.82) is 0 Å². The zero-order chi connectivity index (χ0) is 22.5. The average molecular weight is 552 g/mol. The molecule has 162 valence electrons. The summed E-state index contributed by atoms with van der Waals surface area (Å²) in [6.07, 6.45) is 2.26. The van der Waals surface area contributed by atoms with Crippen molar-refractivity contribution in [2.45, 2.75) is 20.3 Å². The SMILES string of the molecule is CCCOc1cc(Br)c(/C=C2\C(=O)NC(=O)N(c3ccc(Br)cc3)C2=O)cc1OCC. The van der Waals surface area contributed by atoms with E-state index in [4.69, 9.17) is 9.47 Å². The van der Waals surface area contributed by atoms with E-state index < -0.39 is 17.8 Å². The maximum Gasteiger partial charge on any atom is 0.335 e. The number of hydrogen-bond donors (Lipinski definition) is 1. The van der Waals surface area contributed by atoms with E-state index in [1.807, 2.05) is 13.8 Å². The van der Waals surface area contributed by atoms with Gasteiger partial charge in [-0.3, -0.25) is 14.9 Å². The molecule has 0 atom stereocenters. The van der Waals surface area contributed by atoms with Crippen LogP contribution in [-0.2, 0) is 9.59 Å². The highest BCUT2D eigenvalue weighted by molar-refractivity contribution is 9.10. The Balaban J connectivity index is 2.01. The number of anilines is 1. The van der Waals surface area contributed by atoms with Crippen LogP contribution < -0.4 is 19.7 Å². The normalized spacial score (nSPS) is 15.3. The van der Waals surface area contributed by atoms with E-state index in [1.54, 1.807) is 36.4 Å². The highest BCUT2D eigenvalue weighted by Gasteiger charge is 2.37. The quantitative estimate of drug-likeness (QED) is 0.384. The fourth-order valence-corrected chi connectivity index (χ4v) is 3.59. The highest BCUT2D eigenvalue weighted by atomic mass is 79.9. The zero-order valence-corrected chi connectivity index (χ0v) is 20.1. The van der Waals surface area contributed by atoms with Crippen molar-refractivity contribution < 1.29 is 23.9 Å². The number of benzene rings is 2. The first-order valence-electron chi connectivity index (χ1n) is 9.61. The van der Waals surface area contributed by atoms with Crippen LogP contribution in [0, 0.1) is 0 Å². The van der Waals surface area contributed by atoms with Crippen molar-refractivity contribution in [3.8, 4) is 11.5 Å². The average Bonchev–Trinajstić information content (AvgIpc) is 2.73. The van der Waals surface area contributed by atoms with Crippen molar-refractivity contribution >= 4 is 61.5 Å². The third-order valence-corrected chi connectivity index (χ3v) is 5.53. The van der Waals surface area contributed by atoms with Gasteiger partial charge < -0.3 is 9.47 Å². The number of halogens is 2. The summed E-state index contributed by atoms with van der Waals surface area (Å²) in [5, 5.41) is 2.22. The fourth-order valence-electron chi connectivity index (χ4n) is 2.89. The van der Waals surface area contributed by atoms with Crippen LogP contribution in [0.2, 0.25) is 0 Å². The number of nitrogens with one attached hydrogen (secondary N) is 1. The molecule has 0 bridgehead atoms. The molecule has 0 saturated carbocycles. The van der Waals surface area contributed by atoms with Gasteiger partial charge in [0, 0.05) is 8.95 Å². The van der Waals surface area contributed by atoms with Crippen LogP contribution in [0.3, 0.4) is 0 Å². The van der Waals surface area contributed by atoms with Gasteiger partial charge in [-0.15, -0.1) is 0 Å². The van der Waals surface area contributed by atoms with Crippen LogP contribution in [0.4, 0.5) is 10.5 Å². The van der Waals surface area contributed by atoms with Gasteiger partial charge >= 0.3 is 6.03 Å². The Morgan fingerprint density at radius 2 is 1.68 bits per heavy atom. The van der Waals surface area contributed by atoms with E-state index >= 15 is 0 Å². The number of nitrogens with zero attached hydrogens (tertiary/aromatic N) is 1. The summed E-state index contributed by atoms with van der Waals surface area (Å²) in [4.78, 5) is 38.8. The summed E-state index contributed by atoms with van der Waals surface area (Å²) in [5.74, 6) is -0.425. The minimum Gasteiger partial charge on any atom is -0.490 e. The van der Waals surface area contributed by atoms with E-state index in [2.05, 4.69) is 37.2 Å². The lowest BCUT2D eigenvalue weighted by Gasteiger charge is -2.26. The van der Waals surface area contributed by atoms with Crippen molar-refractivity contribution in [2.75, 3.05) is 18.1 Å². The maximum absolute atomic E-state index is 13.1. The van der Waals surface area contributed by atoms with E-state index in [1.165, 1.54) is 6.08 Å². The number of ether oxygens (including phenoxy) is 2. The van der Waals surface area contributed by atoms with Crippen LogP contribution >= 0.6 is 31.9 Å². The van der Waals surface area contributed by atoms with E-state index in [9.17, 15) is 14.4 Å². The Morgan fingerprint density at radius 3 is 2.32 bits per heavy atom. The maximum atomic E-state index is 13.1. The molecule has 0 radical (unpaired) electrons. The second-order valence-corrected chi connectivity index (χ2v) is 8.31. The van der Waals surface area contributed by atoms with Gasteiger partial charge in [-0.2, -0.15) is 0 Å². The number of carbonyl (C=O) groups excluding carboxylic acids is 3. The van der Waals surface area contributed by atoms with E-state index in [-0.39, 0.29) is 5.57 Å². The molecule has 0 aliphatic carbocycles. The van der Waals surface area contributed by atoms with Gasteiger partial charge in [-0.25, -0.2) is 9.69 Å². The number of carbonyl (C=O) groups is 3. The Morgan fingerprint density at radius 1 is 1.00 bits per heavy atom. The number of hydrogen-bond acceptors (Lipinski definition) is 5. The lowest BCUT2D eigenvalue weighted by molar-refractivity contribution is -0.122. The lowest BCUT2D eigenvalue weighted by atomic mass is 10.1. The minimum atomic E-state index is -0.799. The number of rotatable bonds is 7. The first-order chi connectivity index (χ1) is 14.8. The molecule has 0 aromatic heterocycles. The topological polar surface area (TPSA) is 84.9 Å². The van der Waals surface area contributed by atoms with Crippen LogP contribution in [0.15, 0.2) is 50.9 Å². The van der Waals surface area contributed by atoms with Gasteiger partial charge in [0.1, 0.15) is 5.57 Å². The minimum absolute atomic E-state index is 0.173. The standard InChI is InChI=1S/C22H20Br2N2O5/c1-3-9-31-19-12-17(24)13(11-18(19)30-4-2)10-16-20(27)25-22(29)26(21(16)28)15-7-5-14(23)6-8-15/h5-8,10-12H,3-4,9H2,1-2H3,(H,25,27,29)/b16-10+. The molecule has 2 aromatic rings. The van der Waals surface area contributed by atoms with Gasteiger partial charge in [0.25, 0.3) is 11.8 Å². The Labute approximate surface area is 196 Å². The fraction of sp³-hybridized carbons (Fsp3) is 0.227. The van der Waals surface area contributed by atoms with Crippen molar-refractivity contribution in [1.82, 2.24) is 5.32 Å². The van der Waals surface area contributed by atoms with Crippen molar-refractivity contribution in [2.24, 2.45) is 0 Å². The molecule has 3 rings (SSSR count). The molecule has 1 N–H and O–H groups in total. The van der Waals surface area contributed by atoms with Crippen molar-refractivity contribution in [3.63, 3.8) is 0 Å². The summed E-state index contributed by atoms with van der Waals surface area (Å²) in [7, 11) is 0. The van der Waals surface area contributed by atoms with Gasteiger partial charge in [-0.1, -0.05) is 38.8 Å². The lowest BCUT2D eigenvalue weighted by Crippen LogP contribution is -2.54. The molecular formula is C22H20Br2N2O5. The van der Waals surface area contributed by atoms with Crippen LogP contribution in [0.5, 0.6) is 11.5 Å². The molecule has 9 heteroatoms. The number of imide groups is 2. The molecule has 1 aliphatic rings. The number of barbiturate groups is 1. The third kappa shape index (κ3) is 5.16. The summed E-state index contributed by atoms with van der Waals surface area (Å²) in [5.41, 5.74) is 0.713. The molecule has 1 aliphatic heterocycles. The third-order valence-electron chi connectivity index (χ3n) is 4.31. The highest BCUT2D eigenvalue weighted by Crippen LogP contribution is 2.35. The summed E-state index contributed by atoms with van der Waals surface area (Å²) in [6.45, 7) is 4.80. The predicted molar refractivity (Wildman–Crippen MR) is 124 cm³/mol. The largest absolute Gasteiger partial charge is 0.490 e. The summed E-state index contributed by atoms with van der Waals surface area (Å²) in [6, 6.07) is 9.25. The smallest absolute Gasteiger partial charge is 0.335 e. The van der Waals surface area contributed by atoms with Crippen LogP contribution in [0.25, 0.3) is 6.08 Å². The first kappa shape index (κ1) is 23.0. The number of amides is 4. The summed E-state index contributed by atoms with van der Waals surface area (Å²) < 4.78 is 12.8. The molecule has 2 aromatic carbocycles. The zero-order valence-electron chi connectivity index (χ0n) is 16.9. The second-order valence-electron chi connectivity index (χ2n) is 6.54. The van der Waals surface area contributed by atoms with E-state index in [0.717, 1.165) is 15.8 Å². The molecular weight excluding hydrogens is 532 g/mol. The Kier molecular flexibility index (Phi) is 7.50. The molecule has 1 heterocycles. The van der Waals surface area contributed by atoms with Crippen molar-refractivity contribution in [3.05, 3.63) is 56.5 Å². The van der Waals surface area contributed by atoms with Crippen LogP contribution in [-0.4, -0.2) is 31.1 Å². The Bertz CT molecular complexity index is 1050. The molecule has 1 fully saturated rings. The van der Waals surface area contributed by atoms with Crippen LogP contribution in [0.1, 0.15) is 25.8 Å². The monoisotopic (exact) mass is 550 g/mol. The van der Waals surface area contributed by atoms with E-state index in [0.29, 0.717) is 40.4 Å². The second kappa shape index (κ2) is 10.1. The van der Waals surface area contributed by atoms with Gasteiger partial charge in [0.2, 0.25) is 0 Å². The first-order valence-corrected chi connectivity index (χ1v) is 11.2. The molecule has 4 amide bonds. The molecule has 0 spiro atoms. The van der Waals surface area contributed by atoms with Gasteiger partial charge in [0.15, 0.2) is 11.5 Å². The van der Waals surface area contributed by atoms with Gasteiger partial charge in [0.05, 0.1) is 18.9 Å².